The predicted molar refractivity (Wildman–Crippen MR) is 66.6 cm³/mol. The van der Waals surface area contributed by atoms with E-state index in [1.165, 1.54) is 24.9 Å². The summed E-state index contributed by atoms with van der Waals surface area (Å²) in [6, 6.07) is 8.16. The van der Waals surface area contributed by atoms with Crippen molar-refractivity contribution >= 4 is 17.7 Å². The number of carbonyl (C=O) groups is 1. The van der Waals surface area contributed by atoms with Crippen LogP contribution in [0.2, 0.25) is 0 Å². The molecule has 17 heavy (non-hydrogen) atoms. The van der Waals surface area contributed by atoms with E-state index in [0.717, 1.165) is 30.7 Å². The highest BCUT2D eigenvalue weighted by Gasteiger charge is 2.29. The van der Waals surface area contributed by atoms with E-state index in [4.69, 9.17) is 4.74 Å². The molecule has 0 N–H and O–H groups in total. The Hall–Kier alpha value is -1.77. The molecular weight excluding hydrogens is 214 g/mol. The van der Waals surface area contributed by atoms with E-state index in [0.29, 0.717) is 5.76 Å². The molecule has 3 heteroatoms. The lowest BCUT2D eigenvalue weighted by Gasteiger charge is -2.29. The Kier molecular flexibility index (Phi) is 2.59. The highest BCUT2D eigenvalue weighted by Crippen LogP contribution is 2.40. The normalized spacial score (nSPS) is 18.9. The van der Waals surface area contributed by atoms with E-state index in [-0.39, 0.29) is 0 Å². The maximum Gasteiger partial charge on any atom is 0.210 e. The van der Waals surface area contributed by atoms with Gasteiger partial charge in [-0.3, -0.25) is 4.79 Å². The van der Waals surface area contributed by atoms with E-state index in [9.17, 15) is 4.79 Å². The SMILES string of the molecule is O=CC1=C(c2ccccc2N2CCCCC2)O1. The van der Waals surface area contributed by atoms with Crippen molar-refractivity contribution in [2.45, 2.75) is 19.3 Å². The molecule has 3 rings (SSSR count). The first-order chi connectivity index (χ1) is 8.40. The number of hydrogen-bond donors (Lipinski definition) is 0. The summed E-state index contributed by atoms with van der Waals surface area (Å²) in [5.41, 5.74) is 2.25. The van der Waals surface area contributed by atoms with Crippen molar-refractivity contribution < 1.29 is 9.53 Å². The van der Waals surface area contributed by atoms with Crippen LogP contribution >= 0.6 is 0 Å². The number of para-hydroxylation sites is 1. The number of benzene rings is 1. The van der Waals surface area contributed by atoms with Crippen LogP contribution in [0.5, 0.6) is 0 Å². The number of ether oxygens (including phenoxy) is 1. The summed E-state index contributed by atoms with van der Waals surface area (Å²) in [5, 5.41) is 0. The second kappa shape index (κ2) is 4.24. The summed E-state index contributed by atoms with van der Waals surface area (Å²) >= 11 is 0. The third kappa shape index (κ3) is 1.93. The van der Waals surface area contributed by atoms with E-state index in [2.05, 4.69) is 11.0 Å². The smallest absolute Gasteiger partial charge is 0.210 e. The van der Waals surface area contributed by atoms with Crippen molar-refractivity contribution in [2.75, 3.05) is 18.0 Å². The molecule has 1 aromatic carbocycles. The molecule has 0 saturated carbocycles. The Bertz CT molecular complexity index is 473. The zero-order valence-electron chi connectivity index (χ0n) is 9.69. The fraction of sp³-hybridized carbons (Fsp3) is 0.357. The van der Waals surface area contributed by atoms with Crippen LogP contribution in [0.4, 0.5) is 5.69 Å². The van der Waals surface area contributed by atoms with Crippen LogP contribution in [-0.4, -0.2) is 19.4 Å². The molecule has 0 radical (unpaired) electrons. The first-order valence-corrected chi connectivity index (χ1v) is 6.12. The summed E-state index contributed by atoms with van der Waals surface area (Å²) in [6.07, 6.45) is 4.59. The number of hydrogen-bond acceptors (Lipinski definition) is 3. The molecular formula is C14H15NO2. The van der Waals surface area contributed by atoms with Gasteiger partial charge < -0.3 is 9.64 Å². The first-order valence-electron chi connectivity index (χ1n) is 6.12. The van der Waals surface area contributed by atoms with E-state index in [1.54, 1.807) is 0 Å². The number of anilines is 1. The summed E-state index contributed by atoms with van der Waals surface area (Å²) in [5.74, 6) is 1.23. The zero-order valence-corrected chi connectivity index (χ0v) is 9.69. The van der Waals surface area contributed by atoms with Crippen molar-refractivity contribution in [1.82, 2.24) is 0 Å². The largest absolute Gasteiger partial charge is 0.445 e. The quantitative estimate of drug-likeness (QED) is 0.747. The van der Waals surface area contributed by atoms with Gasteiger partial charge in [-0.2, -0.15) is 0 Å². The van der Waals surface area contributed by atoms with Crippen molar-refractivity contribution in [3.05, 3.63) is 35.6 Å². The molecule has 2 heterocycles. The first kappa shape index (κ1) is 10.4. The van der Waals surface area contributed by atoms with Crippen LogP contribution in [0.25, 0.3) is 5.76 Å². The van der Waals surface area contributed by atoms with Crippen LogP contribution in [0.1, 0.15) is 24.8 Å². The van der Waals surface area contributed by atoms with Gasteiger partial charge in [0.15, 0.2) is 12.0 Å². The number of carbonyl (C=O) groups excluding carboxylic acids is 1. The summed E-state index contributed by atoms with van der Waals surface area (Å²) in [6.45, 7) is 2.20. The van der Waals surface area contributed by atoms with Crippen molar-refractivity contribution in [3.63, 3.8) is 0 Å². The third-order valence-electron chi connectivity index (χ3n) is 3.35. The lowest BCUT2D eigenvalue weighted by atomic mass is 10.1. The number of piperidine rings is 1. The fourth-order valence-corrected chi connectivity index (χ4v) is 2.43. The van der Waals surface area contributed by atoms with Crippen LogP contribution in [0, 0.1) is 0 Å². The van der Waals surface area contributed by atoms with Crippen molar-refractivity contribution in [2.24, 2.45) is 0 Å². The Labute approximate surface area is 101 Å². The average Bonchev–Trinajstić information content (AvgIpc) is 3.19. The molecule has 0 aliphatic carbocycles. The van der Waals surface area contributed by atoms with Gasteiger partial charge in [-0.05, 0) is 31.4 Å². The third-order valence-corrected chi connectivity index (χ3v) is 3.35. The fourth-order valence-electron chi connectivity index (χ4n) is 2.43. The molecule has 0 aromatic heterocycles. The maximum atomic E-state index is 10.6. The van der Waals surface area contributed by atoms with Crippen molar-refractivity contribution in [3.8, 4) is 0 Å². The summed E-state index contributed by atoms with van der Waals surface area (Å²) in [4.78, 5) is 13.0. The molecule has 0 amide bonds. The maximum absolute atomic E-state index is 10.6. The molecule has 1 saturated heterocycles. The lowest BCUT2D eigenvalue weighted by Crippen LogP contribution is -2.29. The molecule has 0 bridgehead atoms. The van der Waals surface area contributed by atoms with Crippen LogP contribution in [-0.2, 0) is 9.53 Å². The van der Waals surface area contributed by atoms with Gasteiger partial charge in [0.25, 0.3) is 0 Å². The Balaban J connectivity index is 1.93. The van der Waals surface area contributed by atoms with Gasteiger partial charge in [0.05, 0.1) is 0 Å². The van der Waals surface area contributed by atoms with Crippen molar-refractivity contribution in [1.29, 1.82) is 0 Å². The van der Waals surface area contributed by atoms with E-state index in [1.807, 2.05) is 18.2 Å². The van der Waals surface area contributed by atoms with Crippen LogP contribution in [0.15, 0.2) is 30.0 Å². The van der Waals surface area contributed by atoms with Gasteiger partial charge in [-0.15, -0.1) is 0 Å². The van der Waals surface area contributed by atoms with E-state index >= 15 is 0 Å². The lowest BCUT2D eigenvalue weighted by molar-refractivity contribution is -0.105. The molecule has 1 fully saturated rings. The van der Waals surface area contributed by atoms with Gasteiger partial charge >= 0.3 is 0 Å². The number of rotatable bonds is 3. The minimum atomic E-state index is 0.481. The second-order valence-corrected chi connectivity index (χ2v) is 4.48. The molecule has 2 aliphatic heterocycles. The van der Waals surface area contributed by atoms with Gasteiger partial charge in [-0.1, -0.05) is 12.1 Å². The Morgan fingerprint density at radius 1 is 1.12 bits per heavy atom. The van der Waals surface area contributed by atoms with Gasteiger partial charge in [0.1, 0.15) is 0 Å². The molecule has 3 nitrogen and oxygen atoms in total. The monoisotopic (exact) mass is 229 g/mol. The summed E-state index contributed by atoms with van der Waals surface area (Å²) in [7, 11) is 0. The number of nitrogens with zero attached hydrogens (tertiary/aromatic N) is 1. The number of aldehydes is 1. The standard InChI is InChI=1S/C14H15NO2/c16-10-13-14(17-13)11-6-2-3-7-12(11)15-8-4-1-5-9-15/h2-3,6-7,10H,1,4-5,8-9H2. The highest BCUT2D eigenvalue weighted by atomic mass is 16.6. The van der Waals surface area contributed by atoms with Gasteiger partial charge in [0, 0.05) is 24.3 Å². The van der Waals surface area contributed by atoms with Crippen LogP contribution < -0.4 is 4.90 Å². The molecule has 0 unspecified atom stereocenters. The van der Waals surface area contributed by atoms with Gasteiger partial charge in [-0.25, -0.2) is 0 Å². The van der Waals surface area contributed by atoms with Gasteiger partial charge in [0.2, 0.25) is 5.76 Å². The van der Waals surface area contributed by atoms with E-state index < -0.39 is 0 Å². The average molecular weight is 229 g/mol. The zero-order chi connectivity index (χ0) is 11.7. The molecule has 2 aliphatic rings. The predicted octanol–water partition coefficient (Wildman–Crippen LogP) is 2.57. The van der Waals surface area contributed by atoms with Crippen LogP contribution in [0.3, 0.4) is 0 Å². The molecule has 0 atom stereocenters. The Morgan fingerprint density at radius 3 is 2.59 bits per heavy atom. The minimum absolute atomic E-state index is 0.481. The molecule has 0 spiro atoms. The summed E-state index contributed by atoms with van der Waals surface area (Å²) < 4.78 is 5.22. The highest BCUT2D eigenvalue weighted by molar-refractivity contribution is 5.95. The number of allylic oxidation sites excluding steroid dienone is 1. The Morgan fingerprint density at radius 2 is 1.88 bits per heavy atom. The molecule has 1 aromatic rings. The topological polar surface area (TPSA) is 32.8 Å². The molecule has 88 valence electrons. The second-order valence-electron chi connectivity index (χ2n) is 4.48. The minimum Gasteiger partial charge on any atom is -0.445 e.